The summed E-state index contributed by atoms with van der Waals surface area (Å²) in [6.45, 7) is 1.94. The van der Waals surface area contributed by atoms with Crippen molar-refractivity contribution in [3.05, 3.63) is 112 Å². The van der Waals surface area contributed by atoms with Crippen LogP contribution in [0.3, 0.4) is 0 Å². The molecule has 3 N–H and O–H groups in total. The van der Waals surface area contributed by atoms with E-state index < -0.39 is 23.7 Å². The number of ether oxygens (including phenoxy) is 1. The van der Waals surface area contributed by atoms with E-state index in [0.29, 0.717) is 21.9 Å². The van der Waals surface area contributed by atoms with Crippen LogP contribution >= 0.6 is 11.3 Å². The maximum Gasteiger partial charge on any atom is 0.353 e. The Bertz CT molecular complexity index is 1480. The number of amides is 3. The molecular weight excluding hydrogens is 504 g/mol. The number of hydrogen-bond donors (Lipinski definition) is 3. The lowest BCUT2D eigenvalue weighted by atomic mass is 10.1. The second kappa shape index (κ2) is 12.2. The van der Waals surface area contributed by atoms with Gasteiger partial charge in [-0.1, -0.05) is 35.9 Å². The van der Waals surface area contributed by atoms with Crippen molar-refractivity contribution in [3.8, 4) is 5.75 Å². The van der Waals surface area contributed by atoms with E-state index in [1.165, 1.54) is 29.7 Å². The van der Waals surface area contributed by atoms with Crippen molar-refractivity contribution < 1.29 is 23.9 Å². The molecule has 9 nitrogen and oxygen atoms in total. The third-order valence-electron chi connectivity index (χ3n) is 5.13. The molecule has 38 heavy (non-hydrogen) atoms. The van der Waals surface area contributed by atoms with Gasteiger partial charge in [0.05, 0.1) is 17.5 Å². The molecule has 0 spiro atoms. The molecule has 0 radical (unpaired) electrons. The van der Waals surface area contributed by atoms with E-state index in [-0.39, 0.29) is 11.3 Å². The van der Waals surface area contributed by atoms with E-state index in [2.05, 4.69) is 21.2 Å². The monoisotopic (exact) mass is 526 g/mol. The smallest absolute Gasteiger partial charge is 0.353 e. The summed E-state index contributed by atoms with van der Waals surface area (Å²) in [4.78, 5) is 49.9. The molecule has 0 aliphatic rings. The molecule has 3 aromatic carbocycles. The van der Waals surface area contributed by atoms with Crippen molar-refractivity contribution in [2.24, 2.45) is 5.10 Å². The normalized spacial score (nSPS) is 10.6. The van der Waals surface area contributed by atoms with Crippen LogP contribution in [0.25, 0.3) is 0 Å². The Hall–Kier alpha value is -5.09. The molecule has 10 heteroatoms. The highest BCUT2D eigenvalue weighted by Gasteiger charge is 2.18. The lowest BCUT2D eigenvalue weighted by Crippen LogP contribution is -2.33. The van der Waals surface area contributed by atoms with Crippen LogP contribution < -0.4 is 20.8 Å². The third kappa shape index (κ3) is 6.99. The molecule has 0 aliphatic carbocycles. The number of anilines is 2. The molecule has 3 amide bonds. The van der Waals surface area contributed by atoms with Crippen molar-refractivity contribution in [2.75, 3.05) is 10.6 Å². The highest BCUT2D eigenvalue weighted by Crippen LogP contribution is 2.18. The molecule has 1 aromatic heterocycles. The van der Waals surface area contributed by atoms with Gasteiger partial charge in [-0.15, -0.1) is 11.3 Å². The minimum absolute atomic E-state index is 0.175. The average molecular weight is 527 g/mol. The van der Waals surface area contributed by atoms with E-state index in [0.717, 1.165) is 5.56 Å². The first-order chi connectivity index (χ1) is 18.4. The van der Waals surface area contributed by atoms with Crippen molar-refractivity contribution in [2.45, 2.75) is 6.92 Å². The van der Waals surface area contributed by atoms with Gasteiger partial charge in [-0.3, -0.25) is 14.4 Å². The fourth-order valence-corrected chi connectivity index (χ4v) is 3.79. The number of thiophene rings is 1. The van der Waals surface area contributed by atoms with Gasteiger partial charge in [0.15, 0.2) is 0 Å². The number of carbonyl (C=O) groups is 4. The Morgan fingerprint density at radius 3 is 2.26 bits per heavy atom. The van der Waals surface area contributed by atoms with Crippen LogP contribution in [-0.2, 0) is 9.59 Å². The van der Waals surface area contributed by atoms with Gasteiger partial charge >= 0.3 is 17.8 Å². The minimum atomic E-state index is -1.02. The van der Waals surface area contributed by atoms with Crippen molar-refractivity contribution in [3.63, 3.8) is 0 Å². The molecule has 0 fully saturated rings. The second-order valence-electron chi connectivity index (χ2n) is 7.95. The highest BCUT2D eigenvalue weighted by molar-refractivity contribution is 7.12. The van der Waals surface area contributed by atoms with Gasteiger partial charge in [-0.05, 0) is 72.5 Å². The number of hydrazone groups is 1. The van der Waals surface area contributed by atoms with Gasteiger partial charge < -0.3 is 15.4 Å². The molecule has 1 heterocycles. The molecule has 0 aliphatic heterocycles. The third-order valence-corrected chi connectivity index (χ3v) is 5.98. The van der Waals surface area contributed by atoms with Crippen molar-refractivity contribution in [1.82, 2.24) is 5.43 Å². The van der Waals surface area contributed by atoms with Gasteiger partial charge in [0.2, 0.25) is 0 Å². The maximum atomic E-state index is 12.7. The Labute approximate surface area is 222 Å². The Kier molecular flexibility index (Phi) is 8.37. The summed E-state index contributed by atoms with van der Waals surface area (Å²) in [5.41, 5.74) is 4.76. The number of rotatable bonds is 7. The molecule has 0 bridgehead atoms. The zero-order valence-electron chi connectivity index (χ0n) is 20.1. The van der Waals surface area contributed by atoms with Crippen LogP contribution in [0.2, 0.25) is 0 Å². The Morgan fingerprint density at radius 1 is 0.816 bits per heavy atom. The van der Waals surface area contributed by atoms with Gasteiger partial charge in [0.25, 0.3) is 5.91 Å². The van der Waals surface area contributed by atoms with Crippen LogP contribution in [-0.4, -0.2) is 29.9 Å². The first-order valence-corrected chi connectivity index (χ1v) is 12.2. The molecule has 190 valence electrons. The molecule has 0 atom stereocenters. The van der Waals surface area contributed by atoms with Gasteiger partial charge in [0, 0.05) is 5.69 Å². The fraction of sp³-hybridized carbons (Fsp3) is 0.0357. The van der Waals surface area contributed by atoms with E-state index in [9.17, 15) is 19.2 Å². The largest absolute Gasteiger partial charge is 0.422 e. The predicted octanol–water partition coefficient (Wildman–Crippen LogP) is 4.62. The number of nitrogens with one attached hydrogen (secondary N) is 3. The summed E-state index contributed by atoms with van der Waals surface area (Å²) < 4.78 is 5.28. The SMILES string of the molecule is Cc1ccc(NC(=O)c2ccccc2NC(=O)C(=O)N/N=C/c2ccc(OC(=O)c3cccs3)cc2)cc1. The fourth-order valence-electron chi connectivity index (χ4n) is 3.19. The lowest BCUT2D eigenvalue weighted by Gasteiger charge is -2.11. The zero-order chi connectivity index (χ0) is 26.9. The molecular formula is C28H22N4O5S. The summed E-state index contributed by atoms with van der Waals surface area (Å²) in [6.07, 6.45) is 1.33. The first kappa shape index (κ1) is 26.0. The van der Waals surface area contributed by atoms with Crippen molar-refractivity contribution in [1.29, 1.82) is 0 Å². The summed E-state index contributed by atoms with van der Waals surface area (Å²) in [5, 5.41) is 10.8. The molecule has 0 unspecified atom stereocenters. The van der Waals surface area contributed by atoms with E-state index in [4.69, 9.17) is 4.74 Å². The number of aryl methyl sites for hydroxylation is 1. The summed E-state index contributed by atoms with van der Waals surface area (Å²) >= 11 is 1.28. The minimum Gasteiger partial charge on any atom is -0.422 e. The van der Waals surface area contributed by atoms with E-state index >= 15 is 0 Å². The van der Waals surface area contributed by atoms with Crippen LogP contribution in [0.15, 0.2) is 95.4 Å². The van der Waals surface area contributed by atoms with Gasteiger partial charge in [0.1, 0.15) is 10.6 Å². The summed E-state index contributed by atoms with van der Waals surface area (Å²) in [6, 6.07) is 23.5. The molecule has 0 saturated carbocycles. The van der Waals surface area contributed by atoms with Crippen LogP contribution in [0.5, 0.6) is 5.75 Å². The van der Waals surface area contributed by atoms with Crippen LogP contribution in [0.4, 0.5) is 11.4 Å². The van der Waals surface area contributed by atoms with Gasteiger partial charge in [-0.25, -0.2) is 10.2 Å². The molecule has 0 saturated heterocycles. The number of benzene rings is 3. The van der Waals surface area contributed by atoms with Crippen LogP contribution in [0.1, 0.15) is 31.2 Å². The molecule has 4 rings (SSSR count). The average Bonchev–Trinajstić information content (AvgIpc) is 3.47. The standard InChI is InChI=1S/C28H22N4O5S/c1-18-8-12-20(13-9-18)30-25(33)22-5-2-3-6-23(22)31-26(34)27(35)32-29-17-19-10-14-21(15-11-19)37-28(36)24-7-4-16-38-24/h2-17H,1H3,(H,30,33)(H,31,34)(H,32,35)/b29-17+. The Morgan fingerprint density at radius 2 is 1.55 bits per heavy atom. The topological polar surface area (TPSA) is 126 Å². The quantitative estimate of drug-likeness (QED) is 0.107. The maximum absolute atomic E-state index is 12.7. The summed E-state index contributed by atoms with van der Waals surface area (Å²) in [7, 11) is 0. The predicted molar refractivity (Wildman–Crippen MR) is 146 cm³/mol. The highest BCUT2D eigenvalue weighted by atomic mass is 32.1. The van der Waals surface area contributed by atoms with E-state index in [1.807, 2.05) is 19.1 Å². The second-order valence-corrected chi connectivity index (χ2v) is 8.90. The van der Waals surface area contributed by atoms with E-state index in [1.54, 1.807) is 66.0 Å². The van der Waals surface area contributed by atoms with Gasteiger partial charge in [-0.2, -0.15) is 5.10 Å². The van der Waals surface area contributed by atoms with Crippen molar-refractivity contribution >= 4 is 52.6 Å². The lowest BCUT2D eigenvalue weighted by molar-refractivity contribution is -0.136. The molecule has 4 aromatic rings. The number of esters is 1. The number of nitrogens with zero attached hydrogens (tertiary/aromatic N) is 1. The zero-order valence-corrected chi connectivity index (χ0v) is 21.0. The summed E-state index contributed by atoms with van der Waals surface area (Å²) in [5.74, 6) is -2.54. The number of hydrogen-bond acceptors (Lipinski definition) is 7. The number of carbonyl (C=O) groups excluding carboxylic acids is 4. The van der Waals surface area contributed by atoms with Crippen LogP contribution in [0, 0.1) is 6.92 Å². The number of para-hydroxylation sites is 1. The Balaban J connectivity index is 1.31. The first-order valence-electron chi connectivity index (χ1n) is 11.4.